The lowest BCUT2D eigenvalue weighted by Gasteiger charge is -2.21. The molecule has 1 fully saturated rings. The number of carbonyl (C=O) groups is 2. The zero-order chi connectivity index (χ0) is 18.2. The number of hydrogen-bond acceptors (Lipinski definition) is 4. The third kappa shape index (κ3) is 5.77. The Morgan fingerprint density at radius 3 is 2.62 bits per heavy atom. The van der Waals surface area contributed by atoms with Gasteiger partial charge in [-0.25, -0.2) is 0 Å². The zero-order valence-corrected chi connectivity index (χ0v) is 15.7. The number of hydrogen-bond donors (Lipinski definition) is 1. The smallest absolute Gasteiger partial charge is 0.316 e. The fraction of sp³-hybridized carbons (Fsp3) is 0.429. The van der Waals surface area contributed by atoms with Gasteiger partial charge in [-0.15, -0.1) is 11.8 Å². The number of esters is 1. The van der Waals surface area contributed by atoms with Crippen LogP contribution in [-0.2, 0) is 14.3 Å². The summed E-state index contributed by atoms with van der Waals surface area (Å²) >= 11 is 1.42. The van der Waals surface area contributed by atoms with E-state index in [-0.39, 0.29) is 24.2 Å². The van der Waals surface area contributed by atoms with Crippen LogP contribution in [0.25, 0.3) is 10.8 Å². The van der Waals surface area contributed by atoms with Gasteiger partial charge in [-0.3, -0.25) is 9.59 Å². The lowest BCUT2D eigenvalue weighted by Crippen LogP contribution is -2.33. The number of benzene rings is 2. The molecular formula is C21H25NO3S. The minimum Gasteiger partial charge on any atom is -0.455 e. The van der Waals surface area contributed by atoms with Crippen molar-refractivity contribution in [2.75, 3.05) is 18.9 Å². The molecule has 0 atom stereocenters. The summed E-state index contributed by atoms with van der Waals surface area (Å²) in [6.07, 6.45) is 6.17. The Hall–Kier alpha value is -2.01. The van der Waals surface area contributed by atoms with Gasteiger partial charge in [0.05, 0.1) is 5.75 Å². The summed E-state index contributed by atoms with van der Waals surface area (Å²) in [6, 6.07) is 14.2. The van der Waals surface area contributed by atoms with Crippen molar-refractivity contribution in [1.29, 1.82) is 0 Å². The first-order valence-corrected chi connectivity index (χ1v) is 10.2. The molecule has 1 amide bonds. The van der Waals surface area contributed by atoms with Gasteiger partial charge in [0.15, 0.2) is 6.61 Å². The van der Waals surface area contributed by atoms with Crippen molar-refractivity contribution < 1.29 is 14.3 Å². The van der Waals surface area contributed by atoms with E-state index in [4.69, 9.17) is 4.74 Å². The van der Waals surface area contributed by atoms with Crippen molar-refractivity contribution >= 4 is 34.4 Å². The molecule has 0 aromatic heterocycles. The Balaban J connectivity index is 1.36. The average molecular weight is 372 g/mol. The van der Waals surface area contributed by atoms with Gasteiger partial charge in [-0.05, 0) is 41.7 Å². The Kier molecular flexibility index (Phi) is 6.95. The summed E-state index contributed by atoms with van der Waals surface area (Å²) in [4.78, 5) is 24.7. The van der Waals surface area contributed by atoms with E-state index >= 15 is 0 Å². The fourth-order valence-electron chi connectivity index (χ4n) is 3.29. The molecule has 0 bridgehead atoms. The highest BCUT2D eigenvalue weighted by molar-refractivity contribution is 8.00. The summed E-state index contributed by atoms with van der Waals surface area (Å²) in [5.41, 5.74) is 0. The maximum Gasteiger partial charge on any atom is 0.316 e. The van der Waals surface area contributed by atoms with Crippen LogP contribution in [0, 0.1) is 5.92 Å². The summed E-state index contributed by atoms with van der Waals surface area (Å²) in [5, 5.41) is 5.20. The number of fused-ring (bicyclic) bond motifs is 1. The molecule has 138 valence electrons. The largest absolute Gasteiger partial charge is 0.455 e. The zero-order valence-electron chi connectivity index (χ0n) is 14.9. The minimum atomic E-state index is -0.365. The molecule has 3 rings (SSSR count). The quantitative estimate of drug-likeness (QED) is 0.586. The van der Waals surface area contributed by atoms with Crippen LogP contribution in [0.5, 0.6) is 0 Å². The monoisotopic (exact) mass is 371 g/mol. The van der Waals surface area contributed by atoms with E-state index in [0.717, 1.165) is 10.3 Å². The molecule has 0 saturated heterocycles. The highest BCUT2D eigenvalue weighted by atomic mass is 32.2. The number of rotatable bonds is 7. The first kappa shape index (κ1) is 18.8. The first-order valence-electron chi connectivity index (χ1n) is 9.24. The van der Waals surface area contributed by atoms with E-state index in [0.29, 0.717) is 12.5 Å². The van der Waals surface area contributed by atoms with Crippen LogP contribution < -0.4 is 5.32 Å². The van der Waals surface area contributed by atoms with Crippen molar-refractivity contribution in [3.63, 3.8) is 0 Å². The predicted octanol–water partition coefficient (Wildman–Crippen LogP) is 4.17. The standard InChI is InChI=1S/C21H25NO3S/c23-20(22-13-16-6-2-1-3-7-16)14-25-21(24)15-26-19-11-10-17-8-4-5-9-18(17)12-19/h4-5,8-12,16H,1-3,6-7,13-15H2,(H,22,23). The predicted molar refractivity (Wildman–Crippen MR) is 105 cm³/mol. The number of nitrogens with one attached hydrogen (secondary N) is 1. The van der Waals surface area contributed by atoms with E-state index in [1.807, 2.05) is 30.3 Å². The van der Waals surface area contributed by atoms with E-state index in [9.17, 15) is 9.59 Å². The van der Waals surface area contributed by atoms with E-state index in [1.54, 1.807) is 0 Å². The van der Waals surface area contributed by atoms with Gasteiger partial charge in [0, 0.05) is 11.4 Å². The maximum absolute atomic E-state index is 11.9. The summed E-state index contributed by atoms with van der Waals surface area (Å²) in [6.45, 7) is 0.506. The molecule has 0 heterocycles. The van der Waals surface area contributed by atoms with Crippen LogP contribution in [0.1, 0.15) is 32.1 Å². The van der Waals surface area contributed by atoms with Gasteiger partial charge >= 0.3 is 5.97 Å². The molecule has 5 heteroatoms. The van der Waals surface area contributed by atoms with Crippen LogP contribution >= 0.6 is 11.8 Å². The highest BCUT2D eigenvalue weighted by Gasteiger charge is 2.15. The van der Waals surface area contributed by atoms with Gasteiger partial charge < -0.3 is 10.1 Å². The number of thioether (sulfide) groups is 1. The average Bonchev–Trinajstić information content (AvgIpc) is 2.69. The second kappa shape index (κ2) is 9.62. The van der Waals surface area contributed by atoms with Crippen LogP contribution in [0.15, 0.2) is 47.4 Å². The summed E-state index contributed by atoms with van der Waals surface area (Å²) < 4.78 is 5.08. The molecule has 0 spiro atoms. The van der Waals surface area contributed by atoms with Crippen molar-refractivity contribution in [3.05, 3.63) is 42.5 Å². The molecule has 0 aliphatic heterocycles. The SMILES string of the molecule is O=C(COC(=O)CSc1ccc2ccccc2c1)NCC1CCCCC1. The van der Waals surface area contributed by atoms with Gasteiger partial charge in [0.1, 0.15) is 0 Å². The number of amides is 1. The minimum absolute atomic E-state index is 0.191. The fourth-order valence-corrected chi connectivity index (χ4v) is 4.03. The second-order valence-electron chi connectivity index (χ2n) is 6.77. The normalized spacial score (nSPS) is 14.9. The van der Waals surface area contributed by atoms with Crippen LogP contribution in [0.4, 0.5) is 0 Å². The lowest BCUT2D eigenvalue weighted by molar-refractivity contribution is -0.146. The van der Waals surface area contributed by atoms with Crippen LogP contribution in [0.3, 0.4) is 0 Å². The molecule has 2 aromatic rings. The van der Waals surface area contributed by atoms with Gasteiger partial charge in [-0.1, -0.05) is 49.6 Å². The Morgan fingerprint density at radius 1 is 1.04 bits per heavy atom. The lowest BCUT2D eigenvalue weighted by atomic mass is 9.89. The van der Waals surface area contributed by atoms with Gasteiger partial charge in [-0.2, -0.15) is 0 Å². The number of carbonyl (C=O) groups excluding carboxylic acids is 2. The van der Waals surface area contributed by atoms with E-state index in [2.05, 4.69) is 17.4 Å². The molecule has 2 aromatic carbocycles. The second-order valence-corrected chi connectivity index (χ2v) is 7.82. The van der Waals surface area contributed by atoms with Gasteiger partial charge in [0.25, 0.3) is 5.91 Å². The van der Waals surface area contributed by atoms with E-state index in [1.165, 1.54) is 49.3 Å². The van der Waals surface area contributed by atoms with Gasteiger partial charge in [0.2, 0.25) is 0 Å². The molecule has 4 nitrogen and oxygen atoms in total. The summed E-state index contributed by atoms with van der Waals surface area (Å²) in [7, 11) is 0. The third-order valence-corrected chi connectivity index (χ3v) is 5.72. The molecule has 1 aliphatic carbocycles. The molecule has 1 aliphatic rings. The third-order valence-electron chi connectivity index (χ3n) is 4.75. The van der Waals surface area contributed by atoms with Crippen molar-refractivity contribution in [2.24, 2.45) is 5.92 Å². The topological polar surface area (TPSA) is 55.4 Å². The Labute approximate surface area is 158 Å². The van der Waals surface area contributed by atoms with Crippen LogP contribution in [0.2, 0.25) is 0 Å². The molecular weight excluding hydrogens is 346 g/mol. The number of ether oxygens (including phenoxy) is 1. The first-order chi connectivity index (χ1) is 12.7. The van der Waals surface area contributed by atoms with Crippen molar-refractivity contribution in [3.8, 4) is 0 Å². The Bertz CT molecular complexity index is 756. The van der Waals surface area contributed by atoms with Crippen molar-refractivity contribution in [1.82, 2.24) is 5.32 Å². The molecule has 1 saturated carbocycles. The molecule has 26 heavy (non-hydrogen) atoms. The molecule has 0 unspecified atom stereocenters. The Morgan fingerprint density at radius 2 is 1.81 bits per heavy atom. The maximum atomic E-state index is 11.9. The molecule has 1 N–H and O–H groups in total. The van der Waals surface area contributed by atoms with Crippen molar-refractivity contribution in [2.45, 2.75) is 37.0 Å². The van der Waals surface area contributed by atoms with E-state index < -0.39 is 0 Å². The van der Waals surface area contributed by atoms with Crippen LogP contribution in [-0.4, -0.2) is 30.8 Å². The highest BCUT2D eigenvalue weighted by Crippen LogP contribution is 2.24. The summed E-state index contributed by atoms with van der Waals surface area (Å²) in [5.74, 6) is 0.205. The molecule has 0 radical (unpaired) electrons.